The second-order valence-corrected chi connectivity index (χ2v) is 12.6. The fourth-order valence-electron chi connectivity index (χ4n) is 2.95. The summed E-state index contributed by atoms with van der Waals surface area (Å²) in [6.45, 7) is 8.26. The van der Waals surface area contributed by atoms with Gasteiger partial charge in [-0.2, -0.15) is 4.31 Å². The van der Waals surface area contributed by atoms with Crippen LogP contribution < -0.4 is 29.6 Å². The molecule has 0 aliphatic rings. The molecule has 0 bridgehead atoms. The zero-order chi connectivity index (χ0) is 29.3. The van der Waals surface area contributed by atoms with Gasteiger partial charge in [0.2, 0.25) is 0 Å². The van der Waals surface area contributed by atoms with Gasteiger partial charge in [0.15, 0.2) is 5.25 Å². The molecule has 0 rings (SSSR count). The predicted octanol–water partition coefficient (Wildman–Crippen LogP) is 0.00190. The summed E-state index contributed by atoms with van der Waals surface area (Å²) in [4.78, 5) is 55.1. The summed E-state index contributed by atoms with van der Waals surface area (Å²) in [6, 6.07) is 0. The molecular formula is C20H41NaO14P2S. The van der Waals surface area contributed by atoms with Gasteiger partial charge < -0.3 is 33.6 Å². The quantitative estimate of drug-likeness (QED) is 0.0682. The molecule has 0 amide bonds. The third-order valence-electron chi connectivity index (χ3n) is 5.20. The van der Waals surface area contributed by atoms with Gasteiger partial charge in [-0.25, -0.2) is 17.5 Å². The van der Waals surface area contributed by atoms with Crippen LogP contribution in [0.25, 0.3) is 0 Å². The Bertz CT molecular complexity index is 838. The first kappa shape index (κ1) is 42.6. The number of rotatable bonds is 18. The van der Waals surface area contributed by atoms with Gasteiger partial charge in [0, 0.05) is 0 Å². The Morgan fingerprint density at radius 1 is 0.816 bits per heavy atom. The molecule has 0 saturated heterocycles. The summed E-state index contributed by atoms with van der Waals surface area (Å²) >= 11 is 0. The number of phosphoric acid groups is 2. The van der Waals surface area contributed by atoms with Crippen molar-refractivity contribution in [3.8, 4) is 0 Å². The zero-order valence-electron chi connectivity index (χ0n) is 22.7. The molecule has 0 aromatic heterocycles. The molecule has 18 heteroatoms. The van der Waals surface area contributed by atoms with E-state index in [2.05, 4.69) is 18.2 Å². The number of esters is 2. The second kappa shape index (κ2) is 21.8. The van der Waals surface area contributed by atoms with Crippen molar-refractivity contribution in [3.63, 3.8) is 0 Å². The molecule has 3 atom stereocenters. The molecule has 0 spiro atoms. The Balaban J connectivity index is -0.00000104. The number of unbranched alkanes of at least 4 members (excludes halogenated alkanes) is 2. The van der Waals surface area contributed by atoms with Gasteiger partial charge in [0.1, 0.15) is 10.1 Å². The van der Waals surface area contributed by atoms with Gasteiger partial charge in [-0.3, -0.25) is 9.59 Å². The fourth-order valence-corrected chi connectivity index (χ4v) is 4.70. The maximum atomic E-state index is 12.1. The Morgan fingerprint density at radius 2 is 1.21 bits per heavy atom. The molecule has 0 saturated carbocycles. The Hall–Kier alpha value is 0.110. The van der Waals surface area contributed by atoms with E-state index < -0.39 is 49.4 Å². The van der Waals surface area contributed by atoms with Gasteiger partial charge in [-0.15, -0.1) is 0 Å². The predicted molar refractivity (Wildman–Crippen MR) is 132 cm³/mol. The first-order chi connectivity index (χ1) is 16.9. The van der Waals surface area contributed by atoms with Crippen LogP contribution in [-0.2, 0) is 42.6 Å². The molecule has 0 heterocycles. The number of ether oxygens (including phenoxy) is 2. The average Bonchev–Trinajstić information content (AvgIpc) is 2.74. The zero-order valence-corrected chi connectivity index (χ0v) is 27.3. The summed E-state index contributed by atoms with van der Waals surface area (Å²) in [5.41, 5.74) is 0. The summed E-state index contributed by atoms with van der Waals surface area (Å²) in [6.07, 6.45) is 6.58. The molecule has 38 heavy (non-hydrogen) atoms. The van der Waals surface area contributed by atoms with Crippen LogP contribution in [0.3, 0.4) is 0 Å². The van der Waals surface area contributed by atoms with Crippen molar-refractivity contribution in [2.45, 2.75) is 90.7 Å². The average molecular weight is 623 g/mol. The number of carbonyl (C=O) groups excluding carboxylic acids is 2. The molecule has 4 N–H and O–H groups in total. The van der Waals surface area contributed by atoms with Crippen molar-refractivity contribution in [3.05, 3.63) is 0 Å². The normalized spacial score (nSPS) is 14.2. The van der Waals surface area contributed by atoms with E-state index in [1.807, 2.05) is 13.8 Å². The van der Waals surface area contributed by atoms with E-state index in [0.29, 0.717) is 0 Å². The molecule has 0 aliphatic heterocycles. The van der Waals surface area contributed by atoms with Crippen LogP contribution >= 0.6 is 15.6 Å². The minimum absolute atomic E-state index is 0. The van der Waals surface area contributed by atoms with E-state index in [4.69, 9.17) is 29.0 Å². The van der Waals surface area contributed by atoms with Gasteiger partial charge in [0.25, 0.3) is 0 Å². The summed E-state index contributed by atoms with van der Waals surface area (Å²) in [7, 11) is -15.1. The molecule has 0 aromatic rings. The Morgan fingerprint density at radius 3 is 1.50 bits per heavy atom. The van der Waals surface area contributed by atoms with Crippen molar-refractivity contribution in [1.82, 2.24) is 0 Å². The van der Waals surface area contributed by atoms with Gasteiger partial charge in [0.05, 0.1) is 19.6 Å². The molecule has 0 radical (unpaired) electrons. The van der Waals surface area contributed by atoms with E-state index in [1.165, 1.54) is 0 Å². The van der Waals surface area contributed by atoms with Crippen LogP contribution in [-0.4, -0.2) is 62.9 Å². The van der Waals surface area contributed by atoms with Crippen LogP contribution in [0.4, 0.5) is 0 Å². The number of hydrogen-bond donors (Lipinski definition) is 4. The second-order valence-electron chi connectivity index (χ2n) is 8.39. The number of carbonyl (C=O) groups is 2. The maximum Gasteiger partial charge on any atom is 1.00 e. The Kier molecular flexibility index (Phi) is 24.4. The first-order valence-electron chi connectivity index (χ1n) is 12.0. The third-order valence-corrected chi connectivity index (χ3v) is 7.96. The minimum Gasteiger partial charge on any atom is -0.747 e. The van der Waals surface area contributed by atoms with E-state index in [0.717, 1.165) is 51.4 Å². The first-order valence-corrected chi connectivity index (χ1v) is 16.5. The van der Waals surface area contributed by atoms with E-state index in [9.17, 15) is 31.7 Å². The smallest absolute Gasteiger partial charge is 0.747 e. The van der Waals surface area contributed by atoms with Crippen LogP contribution in [0.2, 0.25) is 0 Å². The molecule has 222 valence electrons. The summed E-state index contributed by atoms with van der Waals surface area (Å²) in [5.74, 6) is -1.74. The molecular weight excluding hydrogens is 581 g/mol. The SMILES string of the molecule is CCCCC(CC)COC(=O)CC(C(=O)OCC(CC)CCCC)S(=O)(=O)[O-].O=P(O)(O)OP(=O)(O)O.[Na+]. The molecule has 0 fully saturated rings. The van der Waals surface area contributed by atoms with Crippen molar-refractivity contribution >= 4 is 37.7 Å². The van der Waals surface area contributed by atoms with Gasteiger partial charge in [-0.1, -0.05) is 66.2 Å². The van der Waals surface area contributed by atoms with Crippen molar-refractivity contribution in [2.24, 2.45) is 11.8 Å². The molecule has 14 nitrogen and oxygen atoms in total. The molecule has 3 unspecified atom stereocenters. The van der Waals surface area contributed by atoms with Crippen LogP contribution in [0.5, 0.6) is 0 Å². The van der Waals surface area contributed by atoms with E-state index in [1.54, 1.807) is 0 Å². The summed E-state index contributed by atoms with van der Waals surface area (Å²) in [5, 5.41) is -2.06. The topological polar surface area (TPSA) is 234 Å². The van der Waals surface area contributed by atoms with Crippen molar-refractivity contribution < 1.29 is 94.6 Å². The van der Waals surface area contributed by atoms with E-state index >= 15 is 0 Å². The minimum atomic E-state index is -5.05. The van der Waals surface area contributed by atoms with Gasteiger partial charge in [-0.05, 0) is 24.7 Å². The maximum absolute atomic E-state index is 12.1. The molecule has 0 aliphatic carbocycles. The van der Waals surface area contributed by atoms with Gasteiger partial charge >= 0.3 is 57.1 Å². The van der Waals surface area contributed by atoms with Crippen LogP contribution in [0, 0.1) is 11.8 Å². The standard InChI is InChI=1S/C20H38O7S.Na.H4O7P2/c1-5-9-11-16(7-3)14-26-19(21)13-18(28(23,24)25)20(22)27-15-17(8-4)12-10-6-2;;1-8(2,3)7-9(4,5)6/h16-18H,5-15H2,1-4H3,(H,23,24,25);;(H2,1,2,3)(H2,4,5,6)/q;+1;/p-1. The third kappa shape index (κ3) is 25.1. The number of hydrogen-bond acceptors (Lipinski definition) is 10. The Labute approximate surface area is 247 Å². The van der Waals surface area contributed by atoms with Crippen LogP contribution in [0.15, 0.2) is 0 Å². The molecule has 0 aromatic carbocycles. The fraction of sp³-hybridized carbons (Fsp3) is 0.900. The monoisotopic (exact) mass is 622 g/mol. The summed E-state index contributed by atoms with van der Waals surface area (Å²) < 4.78 is 66.8. The largest absolute Gasteiger partial charge is 1.00 e. The van der Waals surface area contributed by atoms with Crippen molar-refractivity contribution in [2.75, 3.05) is 13.2 Å². The van der Waals surface area contributed by atoms with Crippen molar-refractivity contribution in [1.29, 1.82) is 0 Å². The van der Waals surface area contributed by atoms with Crippen LogP contribution in [0.1, 0.15) is 85.5 Å². The van der Waals surface area contributed by atoms with E-state index in [-0.39, 0.29) is 54.6 Å².